The van der Waals surface area contributed by atoms with Crippen LogP contribution in [0.4, 0.5) is 5.82 Å². The van der Waals surface area contributed by atoms with Crippen molar-refractivity contribution in [3.8, 4) is 0 Å². The van der Waals surface area contributed by atoms with Crippen LogP contribution >= 0.6 is 0 Å². The van der Waals surface area contributed by atoms with Crippen molar-refractivity contribution in [1.29, 1.82) is 0 Å². The molecule has 6 nitrogen and oxygen atoms in total. The van der Waals surface area contributed by atoms with Crippen LogP contribution in [0.25, 0.3) is 0 Å². The lowest BCUT2D eigenvalue weighted by molar-refractivity contribution is -0.102. The van der Waals surface area contributed by atoms with Crippen molar-refractivity contribution in [2.75, 3.05) is 31.1 Å². The van der Waals surface area contributed by atoms with Gasteiger partial charge in [-0.2, -0.15) is 0 Å². The first-order valence-corrected chi connectivity index (χ1v) is 12.7. The molecule has 5 rings (SSSR count). The van der Waals surface area contributed by atoms with Gasteiger partial charge >= 0.3 is 0 Å². The largest absolute Gasteiger partial charge is 0.390 e. The van der Waals surface area contributed by atoms with Crippen molar-refractivity contribution in [2.24, 2.45) is 11.8 Å². The molecule has 0 aromatic carbocycles. The molecule has 0 unspecified atom stereocenters. The molecule has 2 aliphatic carbocycles. The van der Waals surface area contributed by atoms with Crippen LogP contribution in [0, 0.1) is 18.8 Å². The van der Waals surface area contributed by atoms with Gasteiger partial charge in [-0.3, -0.25) is 4.90 Å². The standard InChI is InChI=1S/C25H40N4O2/c1-18-15-22(29-14-12-25(31)10-6-4-8-21(25)17-29)27-23(26-18)19(2)28-13-11-24(30)9-5-3-7-20(24)16-28/h15,19-21,30-31H,3-14,16-17H2,1-2H3/t19-,20+,21+,24-,25+/m0/s1. The lowest BCUT2D eigenvalue weighted by Gasteiger charge is -2.49. The summed E-state index contributed by atoms with van der Waals surface area (Å²) in [6.07, 6.45) is 10.7. The quantitative estimate of drug-likeness (QED) is 0.766. The molecule has 1 aromatic heterocycles. The number of aliphatic hydroxyl groups is 2. The predicted octanol–water partition coefficient (Wildman–Crippen LogP) is 3.60. The predicted molar refractivity (Wildman–Crippen MR) is 122 cm³/mol. The molecule has 0 amide bonds. The van der Waals surface area contributed by atoms with E-state index in [0.717, 1.165) is 88.5 Å². The van der Waals surface area contributed by atoms with Gasteiger partial charge in [-0.1, -0.05) is 25.7 Å². The highest BCUT2D eigenvalue weighted by Crippen LogP contribution is 2.42. The van der Waals surface area contributed by atoms with Crippen LogP contribution in [0.1, 0.15) is 88.7 Å². The molecular formula is C25H40N4O2. The van der Waals surface area contributed by atoms with E-state index in [1.807, 2.05) is 0 Å². The van der Waals surface area contributed by atoms with Gasteiger partial charge in [-0.25, -0.2) is 9.97 Å². The Morgan fingerprint density at radius 1 is 0.903 bits per heavy atom. The van der Waals surface area contributed by atoms with Gasteiger partial charge in [0.15, 0.2) is 0 Å². The summed E-state index contributed by atoms with van der Waals surface area (Å²) >= 11 is 0. The van der Waals surface area contributed by atoms with Crippen LogP contribution in [0.2, 0.25) is 0 Å². The third kappa shape index (κ3) is 4.11. The Morgan fingerprint density at radius 2 is 1.55 bits per heavy atom. The summed E-state index contributed by atoms with van der Waals surface area (Å²) in [5, 5.41) is 22.1. The lowest BCUT2D eigenvalue weighted by Crippen LogP contribution is -2.54. The smallest absolute Gasteiger partial charge is 0.147 e. The number of nitrogens with zero attached hydrogens (tertiary/aromatic N) is 4. The maximum Gasteiger partial charge on any atom is 0.147 e. The second kappa shape index (κ2) is 8.27. The Balaban J connectivity index is 1.32. The van der Waals surface area contributed by atoms with Crippen LogP contribution in [0.3, 0.4) is 0 Å². The summed E-state index contributed by atoms with van der Waals surface area (Å²) in [7, 11) is 0. The number of hydrogen-bond donors (Lipinski definition) is 2. The normalized spacial score (nSPS) is 37.7. The van der Waals surface area contributed by atoms with Crippen LogP contribution in [-0.2, 0) is 0 Å². The minimum absolute atomic E-state index is 0.154. The summed E-state index contributed by atoms with van der Waals surface area (Å²) in [5.74, 6) is 2.67. The maximum absolute atomic E-state index is 11.1. The SMILES string of the molecule is Cc1cc(N2CC[C@]3(O)CCCC[C@@H]3C2)nc([C@H](C)N2CC[C@@]3(O)CCCC[C@@H]3C2)n1. The molecule has 1 aromatic rings. The molecule has 2 aliphatic heterocycles. The van der Waals surface area contributed by atoms with Gasteiger partial charge < -0.3 is 15.1 Å². The van der Waals surface area contributed by atoms with E-state index in [4.69, 9.17) is 9.97 Å². The molecule has 0 bridgehead atoms. The highest BCUT2D eigenvalue weighted by molar-refractivity contribution is 5.41. The molecule has 0 radical (unpaired) electrons. The van der Waals surface area contributed by atoms with E-state index in [1.165, 1.54) is 19.3 Å². The number of hydrogen-bond acceptors (Lipinski definition) is 6. The van der Waals surface area contributed by atoms with E-state index >= 15 is 0 Å². The zero-order chi connectivity index (χ0) is 21.6. The number of anilines is 1. The molecule has 2 N–H and O–H groups in total. The molecule has 0 spiro atoms. The molecular weight excluding hydrogens is 388 g/mol. The average Bonchev–Trinajstić information content (AvgIpc) is 2.77. The van der Waals surface area contributed by atoms with Crippen molar-refractivity contribution in [2.45, 2.75) is 95.3 Å². The maximum atomic E-state index is 11.1. The zero-order valence-corrected chi connectivity index (χ0v) is 19.4. The molecule has 172 valence electrons. The minimum atomic E-state index is -0.461. The van der Waals surface area contributed by atoms with Gasteiger partial charge in [0.1, 0.15) is 11.6 Å². The van der Waals surface area contributed by atoms with Gasteiger partial charge in [0.05, 0.1) is 17.2 Å². The zero-order valence-electron chi connectivity index (χ0n) is 19.4. The van der Waals surface area contributed by atoms with E-state index in [-0.39, 0.29) is 6.04 Å². The fourth-order valence-corrected chi connectivity index (χ4v) is 6.81. The average molecular weight is 429 g/mol. The van der Waals surface area contributed by atoms with Crippen molar-refractivity contribution < 1.29 is 10.2 Å². The monoisotopic (exact) mass is 428 g/mol. The topological polar surface area (TPSA) is 72.7 Å². The number of aryl methyl sites for hydroxylation is 1. The number of piperidine rings is 2. The first-order valence-electron chi connectivity index (χ1n) is 12.7. The minimum Gasteiger partial charge on any atom is -0.390 e. The molecule has 6 heteroatoms. The van der Waals surface area contributed by atoms with Crippen LogP contribution in [0.5, 0.6) is 0 Å². The highest BCUT2D eigenvalue weighted by atomic mass is 16.3. The highest BCUT2D eigenvalue weighted by Gasteiger charge is 2.45. The number of aromatic nitrogens is 2. The molecule has 31 heavy (non-hydrogen) atoms. The van der Waals surface area contributed by atoms with Crippen LogP contribution in [0.15, 0.2) is 6.07 Å². The molecule has 2 saturated carbocycles. The summed E-state index contributed by atoms with van der Waals surface area (Å²) < 4.78 is 0. The number of fused-ring (bicyclic) bond motifs is 2. The van der Waals surface area contributed by atoms with E-state index < -0.39 is 11.2 Å². The third-order valence-electron chi connectivity index (χ3n) is 8.99. The van der Waals surface area contributed by atoms with E-state index in [9.17, 15) is 10.2 Å². The van der Waals surface area contributed by atoms with Gasteiger partial charge in [0.25, 0.3) is 0 Å². The Morgan fingerprint density at radius 3 is 2.26 bits per heavy atom. The summed E-state index contributed by atoms with van der Waals surface area (Å²) in [6.45, 7) is 7.93. The Kier molecular flexibility index (Phi) is 5.76. The Hall–Kier alpha value is -1.24. The van der Waals surface area contributed by atoms with Crippen LogP contribution < -0.4 is 4.90 Å². The van der Waals surface area contributed by atoms with E-state index in [1.54, 1.807) is 0 Å². The van der Waals surface area contributed by atoms with Gasteiger partial charge in [-0.05, 0) is 52.4 Å². The Labute approximate surface area is 187 Å². The van der Waals surface area contributed by atoms with Gasteiger partial charge in [0, 0.05) is 49.8 Å². The van der Waals surface area contributed by atoms with Crippen molar-refractivity contribution in [3.63, 3.8) is 0 Å². The van der Waals surface area contributed by atoms with Crippen molar-refractivity contribution in [1.82, 2.24) is 14.9 Å². The first-order chi connectivity index (χ1) is 14.9. The fraction of sp³-hybridized carbons (Fsp3) is 0.840. The van der Waals surface area contributed by atoms with Gasteiger partial charge in [-0.15, -0.1) is 0 Å². The second-order valence-corrected chi connectivity index (χ2v) is 10.9. The lowest BCUT2D eigenvalue weighted by atomic mass is 9.71. The van der Waals surface area contributed by atoms with Crippen LogP contribution in [-0.4, -0.2) is 62.5 Å². The molecule has 3 heterocycles. The molecule has 5 atom stereocenters. The molecule has 2 saturated heterocycles. The first kappa shape index (κ1) is 21.6. The second-order valence-electron chi connectivity index (χ2n) is 10.9. The number of likely N-dealkylation sites (tertiary alicyclic amines) is 1. The van der Waals surface area contributed by atoms with Crippen molar-refractivity contribution >= 4 is 5.82 Å². The number of rotatable bonds is 3. The Bertz CT molecular complexity index is 804. The van der Waals surface area contributed by atoms with Gasteiger partial charge in [0.2, 0.25) is 0 Å². The summed E-state index contributed by atoms with van der Waals surface area (Å²) in [4.78, 5) is 14.7. The van der Waals surface area contributed by atoms with E-state index in [0.29, 0.717) is 11.8 Å². The van der Waals surface area contributed by atoms with E-state index in [2.05, 4.69) is 29.7 Å². The fourth-order valence-electron chi connectivity index (χ4n) is 6.81. The molecule has 4 fully saturated rings. The third-order valence-corrected chi connectivity index (χ3v) is 8.99. The van der Waals surface area contributed by atoms with Crippen molar-refractivity contribution in [3.05, 3.63) is 17.6 Å². The summed E-state index contributed by atoms with van der Waals surface area (Å²) in [6, 6.07) is 2.26. The summed E-state index contributed by atoms with van der Waals surface area (Å²) in [5.41, 5.74) is 0.109. The molecule has 4 aliphatic rings.